The molecule has 0 bridgehead atoms. The Hall–Kier alpha value is -2.12. The Morgan fingerprint density at radius 3 is 2.33 bits per heavy atom. The van der Waals surface area contributed by atoms with Crippen LogP contribution in [0.2, 0.25) is 0 Å². The van der Waals surface area contributed by atoms with Crippen LogP contribution in [0.25, 0.3) is 0 Å². The zero-order chi connectivity index (χ0) is 18.2. The average molecular weight is 337 g/mol. The van der Waals surface area contributed by atoms with Gasteiger partial charge >= 0.3 is 12.1 Å². The van der Waals surface area contributed by atoms with Crippen LogP contribution in [0.5, 0.6) is 0 Å². The number of hydrogen-bond donors (Lipinski definition) is 2. The third-order valence-corrected chi connectivity index (χ3v) is 3.21. The molecule has 7 heteroatoms. The van der Waals surface area contributed by atoms with E-state index in [0.29, 0.717) is 0 Å². The molecule has 0 aliphatic carbocycles. The van der Waals surface area contributed by atoms with Gasteiger partial charge in [-0.3, -0.25) is 9.69 Å². The number of benzene rings is 1. The SMILES string of the molecule is CC(C)(C)N(C(=O)OCCN)C(N)CC(=O)OCc1ccccc1. The van der Waals surface area contributed by atoms with E-state index in [0.717, 1.165) is 5.56 Å². The fourth-order valence-corrected chi connectivity index (χ4v) is 2.18. The fourth-order valence-electron chi connectivity index (χ4n) is 2.18. The second-order valence-electron chi connectivity index (χ2n) is 6.36. The van der Waals surface area contributed by atoms with Crippen molar-refractivity contribution in [3.05, 3.63) is 35.9 Å². The molecule has 1 aromatic rings. The molecule has 0 aliphatic rings. The van der Waals surface area contributed by atoms with Crippen molar-refractivity contribution in [1.29, 1.82) is 0 Å². The van der Waals surface area contributed by atoms with Gasteiger partial charge in [-0.1, -0.05) is 30.3 Å². The molecule has 7 nitrogen and oxygen atoms in total. The first kappa shape index (κ1) is 19.9. The molecule has 134 valence electrons. The van der Waals surface area contributed by atoms with E-state index >= 15 is 0 Å². The Balaban J connectivity index is 2.61. The summed E-state index contributed by atoms with van der Waals surface area (Å²) in [5, 5.41) is 0. The first-order valence-corrected chi connectivity index (χ1v) is 7.87. The van der Waals surface area contributed by atoms with Gasteiger partial charge in [-0.2, -0.15) is 0 Å². The van der Waals surface area contributed by atoms with Crippen LogP contribution < -0.4 is 11.5 Å². The third-order valence-electron chi connectivity index (χ3n) is 3.21. The largest absolute Gasteiger partial charge is 0.461 e. The van der Waals surface area contributed by atoms with Gasteiger partial charge in [0.1, 0.15) is 13.2 Å². The molecule has 1 rings (SSSR count). The lowest BCUT2D eigenvalue weighted by molar-refractivity contribution is -0.146. The van der Waals surface area contributed by atoms with Gasteiger partial charge in [-0.15, -0.1) is 0 Å². The molecule has 0 spiro atoms. The van der Waals surface area contributed by atoms with Gasteiger partial charge in [-0.05, 0) is 26.3 Å². The van der Waals surface area contributed by atoms with E-state index in [1.165, 1.54) is 4.90 Å². The number of nitrogens with two attached hydrogens (primary N) is 2. The molecule has 1 amide bonds. The van der Waals surface area contributed by atoms with Gasteiger partial charge < -0.3 is 20.9 Å². The molecule has 0 fully saturated rings. The minimum atomic E-state index is -0.849. The van der Waals surface area contributed by atoms with Crippen molar-refractivity contribution in [1.82, 2.24) is 4.90 Å². The third kappa shape index (κ3) is 6.55. The Labute approximate surface area is 142 Å². The van der Waals surface area contributed by atoms with Gasteiger partial charge in [0, 0.05) is 12.1 Å². The van der Waals surface area contributed by atoms with Crippen molar-refractivity contribution in [2.24, 2.45) is 11.5 Å². The Kier molecular flexibility index (Phi) is 7.67. The smallest absolute Gasteiger partial charge is 0.411 e. The zero-order valence-electron chi connectivity index (χ0n) is 14.5. The Morgan fingerprint density at radius 1 is 1.17 bits per heavy atom. The van der Waals surface area contributed by atoms with Crippen LogP contribution in [0.1, 0.15) is 32.8 Å². The van der Waals surface area contributed by atoms with E-state index in [1.807, 2.05) is 51.1 Å². The maximum absolute atomic E-state index is 12.2. The highest BCUT2D eigenvalue weighted by atomic mass is 16.6. The number of hydrogen-bond acceptors (Lipinski definition) is 6. The highest BCUT2D eigenvalue weighted by molar-refractivity contribution is 5.73. The summed E-state index contributed by atoms with van der Waals surface area (Å²) in [4.78, 5) is 25.5. The average Bonchev–Trinajstić information content (AvgIpc) is 2.50. The minimum Gasteiger partial charge on any atom is -0.461 e. The normalized spacial score (nSPS) is 12.4. The van der Waals surface area contributed by atoms with Gasteiger partial charge in [0.15, 0.2) is 0 Å². The summed E-state index contributed by atoms with van der Waals surface area (Å²) >= 11 is 0. The molecule has 0 saturated carbocycles. The second kappa shape index (κ2) is 9.24. The number of amides is 1. The van der Waals surface area contributed by atoms with Crippen LogP contribution >= 0.6 is 0 Å². The summed E-state index contributed by atoms with van der Waals surface area (Å²) in [5.74, 6) is -0.479. The molecule has 0 aliphatic heterocycles. The molecule has 0 aromatic heterocycles. The quantitative estimate of drug-likeness (QED) is 0.578. The summed E-state index contributed by atoms with van der Waals surface area (Å²) in [5.41, 5.74) is 11.7. The summed E-state index contributed by atoms with van der Waals surface area (Å²) < 4.78 is 10.2. The van der Waals surface area contributed by atoms with E-state index in [2.05, 4.69) is 0 Å². The number of carbonyl (C=O) groups excluding carboxylic acids is 2. The number of nitrogens with zero attached hydrogens (tertiary/aromatic N) is 1. The van der Waals surface area contributed by atoms with Gasteiger partial charge in [0.25, 0.3) is 0 Å². The predicted octanol–water partition coefficient (Wildman–Crippen LogP) is 1.60. The topological polar surface area (TPSA) is 108 Å². The lowest BCUT2D eigenvalue weighted by Gasteiger charge is -2.38. The Morgan fingerprint density at radius 2 is 1.79 bits per heavy atom. The summed E-state index contributed by atoms with van der Waals surface area (Å²) in [6, 6.07) is 9.33. The van der Waals surface area contributed by atoms with Crippen LogP contribution in [0.3, 0.4) is 0 Å². The number of ether oxygens (including phenoxy) is 2. The molecule has 0 saturated heterocycles. The standard InChI is InChI=1S/C17H27N3O4/c1-17(2,3)20(16(22)23-10-9-18)14(19)11-15(21)24-12-13-7-5-4-6-8-13/h4-8,14H,9-12,18-19H2,1-3H3. The van der Waals surface area contributed by atoms with Crippen LogP contribution in [0.15, 0.2) is 30.3 Å². The van der Waals surface area contributed by atoms with Crippen LogP contribution in [-0.2, 0) is 20.9 Å². The number of esters is 1. The van der Waals surface area contributed by atoms with E-state index in [9.17, 15) is 9.59 Å². The maximum Gasteiger partial charge on any atom is 0.411 e. The Bertz CT molecular complexity index is 528. The molecule has 0 heterocycles. The molecular weight excluding hydrogens is 310 g/mol. The molecule has 24 heavy (non-hydrogen) atoms. The van der Waals surface area contributed by atoms with Gasteiger partial charge in [-0.25, -0.2) is 4.79 Å². The summed E-state index contributed by atoms with van der Waals surface area (Å²) in [7, 11) is 0. The van der Waals surface area contributed by atoms with Gasteiger partial charge in [0.05, 0.1) is 12.6 Å². The van der Waals surface area contributed by atoms with Crippen LogP contribution in [0, 0.1) is 0 Å². The minimum absolute atomic E-state index is 0.0938. The monoisotopic (exact) mass is 337 g/mol. The molecule has 1 aromatic carbocycles. The number of carbonyl (C=O) groups is 2. The molecule has 4 N–H and O–H groups in total. The molecule has 1 unspecified atom stereocenters. The molecule has 1 atom stereocenters. The zero-order valence-corrected chi connectivity index (χ0v) is 14.5. The lowest BCUT2D eigenvalue weighted by atomic mass is 10.1. The maximum atomic E-state index is 12.2. The predicted molar refractivity (Wildman–Crippen MR) is 90.8 cm³/mol. The van der Waals surface area contributed by atoms with E-state index in [1.54, 1.807) is 0 Å². The first-order chi connectivity index (χ1) is 11.3. The summed E-state index contributed by atoms with van der Waals surface area (Å²) in [6.45, 7) is 5.91. The molecule has 0 radical (unpaired) electrons. The van der Waals surface area contributed by atoms with Gasteiger partial charge in [0.2, 0.25) is 0 Å². The highest BCUT2D eigenvalue weighted by Crippen LogP contribution is 2.18. The second-order valence-corrected chi connectivity index (χ2v) is 6.36. The highest BCUT2D eigenvalue weighted by Gasteiger charge is 2.34. The van der Waals surface area contributed by atoms with Crippen molar-refractivity contribution >= 4 is 12.1 Å². The van der Waals surface area contributed by atoms with E-state index < -0.39 is 23.8 Å². The first-order valence-electron chi connectivity index (χ1n) is 7.87. The van der Waals surface area contributed by atoms with Crippen molar-refractivity contribution in [3.63, 3.8) is 0 Å². The van der Waals surface area contributed by atoms with Crippen molar-refractivity contribution < 1.29 is 19.1 Å². The van der Waals surface area contributed by atoms with Crippen molar-refractivity contribution in [2.45, 2.75) is 45.5 Å². The van der Waals surface area contributed by atoms with Crippen molar-refractivity contribution in [2.75, 3.05) is 13.2 Å². The summed E-state index contributed by atoms with van der Waals surface area (Å²) in [6.07, 6.45) is -1.57. The van der Waals surface area contributed by atoms with Crippen molar-refractivity contribution in [3.8, 4) is 0 Å². The lowest BCUT2D eigenvalue weighted by Crippen LogP contribution is -2.56. The van der Waals surface area contributed by atoms with E-state index in [-0.39, 0.29) is 26.2 Å². The fraction of sp³-hybridized carbons (Fsp3) is 0.529. The number of rotatable bonds is 7. The van der Waals surface area contributed by atoms with E-state index in [4.69, 9.17) is 20.9 Å². The van der Waals surface area contributed by atoms with Crippen LogP contribution in [-0.4, -0.2) is 41.8 Å². The van der Waals surface area contributed by atoms with Crippen LogP contribution in [0.4, 0.5) is 4.79 Å². The molecular formula is C17H27N3O4.